The van der Waals surface area contributed by atoms with Crippen molar-refractivity contribution in [2.45, 2.75) is 52.2 Å². The largest absolute Gasteiger partial charge is 0.361 e. The lowest BCUT2D eigenvalue weighted by Crippen LogP contribution is -2.45. The molecular weight excluding hydrogens is 304 g/mol. The molecule has 1 fully saturated rings. The zero-order chi connectivity index (χ0) is 16.4. The molecular formula is C17H26N6O. The van der Waals surface area contributed by atoms with E-state index in [0.717, 1.165) is 69.5 Å². The predicted octanol–water partition coefficient (Wildman–Crippen LogP) is 1.62. The average Bonchev–Trinajstić information content (AvgIpc) is 3.08. The first kappa shape index (κ1) is 15.8. The number of piperazine rings is 1. The van der Waals surface area contributed by atoms with Crippen LogP contribution in [0.5, 0.6) is 0 Å². The highest BCUT2D eigenvalue weighted by atomic mass is 16.5. The minimum Gasteiger partial charge on any atom is -0.361 e. The number of aryl methyl sites for hydroxylation is 2. The molecule has 0 unspecified atom stereocenters. The second kappa shape index (κ2) is 7.03. The summed E-state index contributed by atoms with van der Waals surface area (Å²) in [5.74, 6) is 3.21. The Kier molecular flexibility index (Phi) is 4.62. The summed E-state index contributed by atoms with van der Waals surface area (Å²) in [6.45, 7) is 9.09. The van der Waals surface area contributed by atoms with Gasteiger partial charge in [0.15, 0.2) is 0 Å². The number of fused-ring (bicyclic) bond motifs is 1. The molecule has 0 N–H and O–H groups in total. The standard InChI is InChI=1S/C17H26N6O/c1-14-11-15(20-24-14)12-21-7-9-22(10-8-21)13-17-19-18-16-5-3-2-4-6-23(16)17/h11H,2-10,12-13H2,1H3. The van der Waals surface area contributed by atoms with Crippen LogP contribution in [0.2, 0.25) is 0 Å². The van der Waals surface area contributed by atoms with Gasteiger partial charge >= 0.3 is 0 Å². The lowest BCUT2D eigenvalue weighted by atomic mass is 10.2. The Bertz CT molecular complexity index is 670. The summed E-state index contributed by atoms with van der Waals surface area (Å²) in [7, 11) is 0. The van der Waals surface area contributed by atoms with E-state index in [1.165, 1.54) is 25.1 Å². The van der Waals surface area contributed by atoms with Gasteiger partial charge in [-0.25, -0.2) is 0 Å². The van der Waals surface area contributed by atoms with Crippen molar-refractivity contribution < 1.29 is 4.52 Å². The van der Waals surface area contributed by atoms with Crippen LogP contribution in [0.3, 0.4) is 0 Å². The van der Waals surface area contributed by atoms with E-state index in [2.05, 4.69) is 29.7 Å². The van der Waals surface area contributed by atoms with Gasteiger partial charge in [-0.2, -0.15) is 0 Å². The summed E-state index contributed by atoms with van der Waals surface area (Å²) in [5, 5.41) is 13.0. The summed E-state index contributed by atoms with van der Waals surface area (Å²) in [5.41, 5.74) is 1.03. The van der Waals surface area contributed by atoms with Gasteiger partial charge in [0.1, 0.15) is 17.4 Å². The molecule has 1 saturated heterocycles. The van der Waals surface area contributed by atoms with E-state index in [-0.39, 0.29) is 0 Å². The van der Waals surface area contributed by atoms with E-state index >= 15 is 0 Å². The first-order valence-corrected chi connectivity index (χ1v) is 9.06. The highest BCUT2D eigenvalue weighted by molar-refractivity contribution is 5.03. The second-order valence-electron chi connectivity index (χ2n) is 6.98. The maximum Gasteiger partial charge on any atom is 0.147 e. The molecule has 0 aliphatic carbocycles. The van der Waals surface area contributed by atoms with E-state index in [4.69, 9.17) is 4.52 Å². The van der Waals surface area contributed by atoms with Crippen LogP contribution >= 0.6 is 0 Å². The Morgan fingerprint density at radius 3 is 2.50 bits per heavy atom. The van der Waals surface area contributed by atoms with Crippen molar-refractivity contribution in [3.05, 3.63) is 29.2 Å². The van der Waals surface area contributed by atoms with Crippen molar-refractivity contribution in [1.29, 1.82) is 0 Å². The van der Waals surface area contributed by atoms with Crippen LogP contribution in [-0.2, 0) is 26.1 Å². The van der Waals surface area contributed by atoms with E-state index in [1.807, 2.05) is 13.0 Å². The van der Waals surface area contributed by atoms with Crippen molar-refractivity contribution in [2.24, 2.45) is 0 Å². The quantitative estimate of drug-likeness (QED) is 0.849. The van der Waals surface area contributed by atoms with Crippen LogP contribution in [0, 0.1) is 6.92 Å². The normalized spacial score (nSPS) is 20.0. The molecule has 0 saturated carbocycles. The predicted molar refractivity (Wildman–Crippen MR) is 89.4 cm³/mol. The van der Waals surface area contributed by atoms with E-state index in [9.17, 15) is 0 Å². The molecule has 0 bridgehead atoms. The number of aromatic nitrogens is 4. The maximum absolute atomic E-state index is 5.16. The molecule has 7 heteroatoms. The topological polar surface area (TPSA) is 63.2 Å². The van der Waals surface area contributed by atoms with Crippen LogP contribution < -0.4 is 0 Å². The van der Waals surface area contributed by atoms with Gasteiger partial charge in [0, 0.05) is 51.8 Å². The number of hydrogen-bond acceptors (Lipinski definition) is 6. The molecule has 0 atom stereocenters. The fourth-order valence-corrected chi connectivity index (χ4v) is 3.69. The van der Waals surface area contributed by atoms with Gasteiger partial charge < -0.3 is 9.09 Å². The number of rotatable bonds is 4. The van der Waals surface area contributed by atoms with Crippen molar-refractivity contribution >= 4 is 0 Å². The molecule has 0 amide bonds. The molecule has 0 radical (unpaired) electrons. The van der Waals surface area contributed by atoms with Gasteiger partial charge in [0.05, 0.1) is 12.2 Å². The van der Waals surface area contributed by atoms with Gasteiger partial charge in [-0.1, -0.05) is 11.6 Å². The van der Waals surface area contributed by atoms with E-state index in [0.29, 0.717) is 0 Å². The second-order valence-corrected chi connectivity index (χ2v) is 6.98. The summed E-state index contributed by atoms with van der Waals surface area (Å²) in [6.07, 6.45) is 4.89. The molecule has 2 aliphatic rings. The smallest absolute Gasteiger partial charge is 0.147 e. The zero-order valence-electron chi connectivity index (χ0n) is 14.4. The van der Waals surface area contributed by atoms with Crippen LogP contribution in [0.4, 0.5) is 0 Å². The van der Waals surface area contributed by atoms with Crippen molar-refractivity contribution in [1.82, 2.24) is 29.7 Å². The van der Waals surface area contributed by atoms with Gasteiger partial charge in [-0.15, -0.1) is 10.2 Å². The monoisotopic (exact) mass is 330 g/mol. The Balaban J connectivity index is 1.31. The summed E-state index contributed by atoms with van der Waals surface area (Å²) in [4.78, 5) is 4.94. The van der Waals surface area contributed by atoms with Crippen LogP contribution in [-0.4, -0.2) is 55.9 Å². The lowest BCUT2D eigenvalue weighted by Gasteiger charge is -2.33. The molecule has 130 valence electrons. The molecule has 2 aromatic heterocycles. The molecule has 0 aromatic carbocycles. The van der Waals surface area contributed by atoms with Crippen molar-refractivity contribution in [2.75, 3.05) is 26.2 Å². The highest BCUT2D eigenvalue weighted by Gasteiger charge is 2.21. The van der Waals surface area contributed by atoms with Gasteiger partial charge in [0.25, 0.3) is 0 Å². The van der Waals surface area contributed by atoms with Crippen LogP contribution in [0.25, 0.3) is 0 Å². The third-order valence-corrected chi connectivity index (χ3v) is 5.08. The fraction of sp³-hybridized carbons (Fsp3) is 0.706. The minimum absolute atomic E-state index is 0.880. The summed E-state index contributed by atoms with van der Waals surface area (Å²) < 4.78 is 7.51. The molecule has 0 spiro atoms. The maximum atomic E-state index is 5.16. The molecule has 4 heterocycles. The number of nitrogens with zero attached hydrogens (tertiary/aromatic N) is 6. The zero-order valence-corrected chi connectivity index (χ0v) is 14.4. The first-order chi connectivity index (χ1) is 11.8. The van der Waals surface area contributed by atoms with Crippen molar-refractivity contribution in [3.8, 4) is 0 Å². The summed E-state index contributed by atoms with van der Waals surface area (Å²) in [6, 6.07) is 2.03. The van der Waals surface area contributed by atoms with Gasteiger partial charge in [-0.05, 0) is 19.8 Å². The minimum atomic E-state index is 0.880. The summed E-state index contributed by atoms with van der Waals surface area (Å²) >= 11 is 0. The lowest BCUT2D eigenvalue weighted by molar-refractivity contribution is 0.117. The van der Waals surface area contributed by atoms with Crippen LogP contribution in [0.1, 0.15) is 42.4 Å². The Morgan fingerprint density at radius 2 is 1.75 bits per heavy atom. The number of hydrogen-bond donors (Lipinski definition) is 0. The van der Waals surface area contributed by atoms with Crippen molar-refractivity contribution in [3.63, 3.8) is 0 Å². The third-order valence-electron chi connectivity index (χ3n) is 5.08. The molecule has 7 nitrogen and oxygen atoms in total. The molecule has 4 rings (SSSR count). The highest BCUT2D eigenvalue weighted by Crippen LogP contribution is 2.16. The van der Waals surface area contributed by atoms with E-state index in [1.54, 1.807) is 0 Å². The Labute approximate surface area is 142 Å². The van der Waals surface area contributed by atoms with E-state index < -0.39 is 0 Å². The molecule has 24 heavy (non-hydrogen) atoms. The fourth-order valence-electron chi connectivity index (χ4n) is 3.69. The van der Waals surface area contributed by atoms with Gasteiger partial charge in [0.2, 0.25) is 0 Å². The van der Waals surface area contributed by atoms with Gasteiger partial charge in [-0.3, -0.25) is 9.80 Å². The first-order valence-electron chi connectivity index (χ1n) is 9.06. The molecule has 2 aliphatic heterocycles. The Hall–Kier alpha value is -1.73. The third kappa shape index (κ3) is 3.52. The SMILES string of the molecule is Cc1cc(CN2CCN(Cc3nnc4n3CCCCC4)CC2)no1. The molecule has 2 aromatic rings. The van der Waals surface area contributed by atoms with Crippen LogP contribution in [0.15, 0.2) is 10.6 Å². The Morgan fingerprint density at radius 1 is 0.958 bits per heavy atom. The average molecular weight is 330 g/mol.